The van der Waals surface area contributed by atoms with E-state index in [1.165, 1.54) is 0 Å². The topological polar surface area (TPSA) is 87.7 Å². The fourth-order valence-electron chi connectivity index (χ4n) is 3.83. The number of aliphatic hydroxyl groups is 1. The van der Waals surface area contributed by atoms with Crippen molar-refractivity contribution >= 4 is 12.0 Å². The van der Waals surface area contributed by atoms with Crippen LogP contribution in [0.25, 0.3) is 0 Å². The summed E-state index contributed by atoms with van der Waals surface area (Å²) in [5, 5.41) is 16.8. The maximum absolute atomic E-state index is 13.3. The Morgan fingerprint density at radius 2 is 1.44 bits per heavy atom. The van der Waals surface area contributed by atoms with E-state index in [2.05, 4.69) is 10.6 Å². The number of carbonyl (C=O) groups is 2. The van der Waals surface area contributed by atoms with Crippen molar-refractivity contribution < 1.29 is 19.4 Å². The Hall–Kier alpha value is -2.86. The molecule has 0 spiro atoms. The molecule has 2 atom stereocenters. The number of hydrogen-bond acceptors (Lipinski definition) is 4. The molecule has 6 heteroatoms. The van der Waals surface area contributed by atoms with E-state index in [1.807, 2.05) is 88.4 Å². The van der Waals surface area contributed by atoms with Crippen LogP contribution >= 0.6 is 0 Å². The summed E-state index contributed by atoms with van der Waals surface area (Å²) in [7, 11) is 0. The minimum atomic E-state index is -1.02. The Morgan fingerprint density at radius 1 is 0.906 bits per heavy atom. The summed E-state index contributed by atoms with van der Waals surface area (Å²) >= 11 is 0. The Kier molecular flexibility index (Phi) is 9.72. The minimum absolute atomic E-state index is 0.0197. The van der Waals surface area contributed by atoms with E-state index in [1.54, 1.807) is 0 Å². The molecule has 2 amide bonds. The zero-order chi connectivity index (χ0) is 23.6. The molecule has 2 aromatic carbocycles. The van der Waals surface area contributed by atoms with Crippen molar-refractivity contribution in [2.24, 2.45) is 5.92 Å². The third kappa shape index (κ3) is 7.38. The monoisotopic (exact) mass is 440 g/mol. The van der Waals surface area contributed by atoms with Crippen LogP contribution in [0, 0.1) is 5.92 Å². The van der Waals surface area contributed by atoms with Crippen LogP contribution in [-0.4, -0.2) is 34.8 Å². The van der Waals surface area contributed by atoms with Gasteiger partial charge in [-0.2, -0.15) is 0 Å². The lowest BCUT2D eigenvalue weighted by Crippen LogP contribution is -2.59. The third-order valence-electron chi connectivity index (χ3n) is 5.87. The fourth-order valence-corrected chi connectivity index (χ4v) is 3.83. The first kappa shape index (κ1) is 25.4. The highest BCUT2D eigenvalue weighted by Crippen LogP contribution is 2.25. The molecular weight excluding hydrogens is 404 g/mol. The van der Waals surface area contributed by atoms with Crippen LogP contribution in [-0.2, 0) is 22.6 Å². The average Bonchev–Trinajstić information content (AvgIpc) is 2.81. The number of nitrogens with one attached hydrogen (secondary N) is 2. The molecule has 0 fully saturated rings. The molecule has 3 N–H and O–H groups in total. The molecule has 0 bridgehead atoms. The van der Waals surface area contributed by atoms with Gasteiger partial charge in [0.1, 0.15) is 12.6 Å². The molecule has 0 heterocycles. The standard InChI is InChI=1S/C26H36N2O4/c1-5-26(31,6-2)23(19(3)4)28-24(29)22(17-20-13-9-7-10-14-20)27-25(30)32-18-21-15-11-8-12-16-21/h7-16,19,22-23,31H,5-6,17-18H2,1-4H3,(H,27,30)(H,28,29)/t22-,23-/m0/s1. The van der Waals surface area contributed by atoms with Gasteiger partial charge in [-0.15, -0.1) is 0 Å². The predicted octanol–water partition coefficient (Wildman–Crippen LogP) is 4.22. The van der Waals surface area contributed by atoms with Crippen molar-refractivity contribution in [2.75, 3.05) is 0 Å². The second-order valence-electron chi connectivity index (χ2n) is 8.49. The largest absolute Gasteiger partial charge is 0.445 e. The number of hydrogen-bond donors (Lipinski definition) is 3. The smallest absolute Gasteiger partial charge is 0.408 e. The summed E-state index contributed by atoms with van der Waals surface area (Å²) in [6, 6.07) is 17.6. The molecule has 0 radical (unpaired) electrons. The lowest BCUT2D eigenvalue weighted by Gasteiger charge is -2.38. The van der Waals surface area contributed by atoms with Gasteiger partial charge in [0.05, 0.1) is 11.6 Å². The van der Waals surface area contributed by atoms with E-state index >= 15 is 0 Å². The molecule has 2 rings (SSSR count). The quantitative estimate of drug-likeness (QED) is 0.488. The normalized spacial score (nSPS) is 13.3. The average molecular weight is 441 g/mol. The molecule has 6 nitrogen and oxygen atoms in total. The Bertz CT molecular complexity index is 835. The van der Waals surface area contributed by atoms with Gasteiger partial charge in [0.25, 0.3) is 0 Å². The number of ether oxygens (including phenoxy) is 1. The van der Waals surface area contributed by atoms with Crippen molar-refractivity contribution in [1.29, 1.82) is 0 Å². The molecule has 32 heavy (non-hydrogen) atoms. The third-order valence-corrected chi connectivity index (χ3v) is 5.87. The first-order chi connectivity index (χ1) is 15.3. The summed E-state index contributed by atoms with van der Waals surface area (Å²) in [6.07, 6.45) is 0.687. The van der Waals surface area contributed by atoms with Crippen LogP contribution in [0.15, 0.2) is 60.7 Å². The van der Waals surface area contributed by atoms with Crippen molar-refractivity contribution in [3.05, 3.63) is 71.8 Å². The number of rotatable bonds is 11. The van der Waals surface area contributed by atoms with Gasteiger partial charge in [0.2, 0.25) is 5.91 Å². The molecule has 0 aromatic heterocycles. The number of benzene rings is 2. The SMILES string of the molecule is CCC(O)(CC)[C@@H](NC(=O)[C@H](Cc1ccccc1)NC(=O)OCc1ccccc1)C(C)C. The molecule has 0 aliphatic carbocycles. The Morgan fingerprint density at radius 3 is 1.94 bits per heavy atom. The summed E-state index contributed by atoms with van der Waals surface area (Å²) in [4.78, 5) is 25.7. The Balaban J connectivity index is 2.14. The molecule has 0 unspecified atom stereocenters. The van der Waals surface area contributed by atoms with Gasteiger partial charge in [0, 0.05) is 6.42 Å². The highest BCUT2D eigenvalue weighted by Gasteiger charge is 2.38. The fraction of sp³-hybridized carbons (Fsp3) is 0.462. The first-order valence-corrected chi connectivity index (χ1v) is 11.3. The number of amides is 2. The van der Waals surface area contributed by atoms with Gasteiger partial charge in [-0.3, -0.25) is 4.79 Å². The lowest BCUT2D eigenvalue weighted by molar-refractivity contribution is -0.127. The van der Waals surface area contributed by atoms with E-state index in [4.69, 9.17) is 4.74 Å². The number of carbonyl (C=O) groups excluding carboxylic acids is 2. The van der Waals surface area contributed by atoms with Gasteiger partial charge >= 0.3 is 6.09 Å². The maximum atomic E-state index is 13.3. The van der Waals surface area contributed by atoms with E-state index in [0.717, 1.165) is 11.1 Å². The molecule has 0 saturated carbocycles. The van der Waals surface area contributed by atoms with Crippen LogP contribution < -0.4 is 10.6 Å². The zero-order valence-electron chi connectivity index (χ0n) is 19.5. The molecule has 0 aliphatic rings. The number of alkyl carbamates (subject to hydrolysis) is 1. The van der Waals surface area contributed by atoms with Gasteiger partial charge in [-0.1, -0.05) is 88.4 Å². The molecular formula is C26H36N2O4. The van der Waals surface area contributed by atoms with Crippen LogP contribution in [0.4, 0.5) is 4.79 Å². The molecule has 2 aromatic rings. The van der Waals surface area contributed by atoms with Gasteiger partial charge in [0.15, 0.2) is 0 Å². The van der Waals surface area contributed by atoms with Crippen LogP contribution in [0.3, 0.4) is 0 Å². The zero-order valence-corrected chi connectivity index (χ0v) is 19.5. The first-order valence-electron chi connectivity index (χ1n) is 11.3. The van der Waals surface area contributed by atoms with E-state index < -0.39 is 23.8 Å². The summed E-state index contributed by atoms with van der Waals surface area (Å²) in [5.41, 5.74) is 0.760. The summed E-state index contributed by atoms with van der Waals surface area (Å²) in [6.45, 7) is 7.87. The Labute approximate surface area is 191 Å². The van der Waals surface area contributed by atoms with Crippen LogP contribution in [0.5, 0.6) is 0 Å². The van der Waals surface area contributed by atoms with Gasteiger partial charge in [-0.05, 0) is 29.9 Å². The van der Waals surface area contributed by atoms with Gasteiger partial charge < -0.3 is 20.5 Å². The molecule has 0 aliphatic heterocycles. The van der Waals surface area contributed by atoms with E-state index in [-0.39, 0.29) is 18.4 Å². The summed E-state index contributed by atoms with van der Waals surface area (Å²) in [5.74, 6) is -0.323. The van der Waals surface area contributed by atoms with E-state index in [0.29, 0.717) is 19.3 Å². The second-order valence-corrected chi connectivity index (χ2v) is 8.49. The van der Waals surface area contributed by atoms with Crippen LogP contribution in [0.1, 0.15) is 51.7 Å². The second kappa shape index (κ2) is 12.2. The van der Waals surface area contributed by atoms with Crippen LogP contribution in [0.2, 0.25) is 0 Å². The van der Waals surface area contributed by atoms with Gasteiger partial charge in [-0.25, -0.2) is 4.79 Å². The molecule has 174 valence electrons. The predicted molar refractivity (Wildman–Crippen MR) is 126 cm³/mol. The maximum Gasteiger partial charge on any atom is 0.408 e. The lowest BCUT2D eigenvalue weighted by atomic mass is 9.82. The van der Waals surface area contributed by atoms with Crippen molar-refractivity contribution in [3.8, 4) is 0 Å². The molecule has 0 saturated heterocycles. The van der Waals surface area contributed by atoms with E-state index in [9.17, 15) is 14.7 Å². The highest BCUT2D eigenvalue weighted by atomic mass is 16.5. The summed E-state index contributed by atoms with van der Waals surface area (Å²) < 4.78 is 5.33. The van der Waals surface area contributed by atoms with Crippen molar-refractivity contribution in [3.63, 3.8) is 0 Å². The minimum Gasteiger partial charge on any atom is -0.445 e. The van der Waals surface area contributed by atoms with Crippen molar-refractivity contribution in [2.45, 2.75) is 71.2 Å². The highest BCUT2D eigenvalue weighted by molar-refractivity contribution is 5.86. The van der Waals surface area contributed by atoms with Crippen molar-refractivity contribution in [1.82, 2.24) is 10.6 Å².